The molecule has 0 saturated heterocycles. The van der Waals surface area contributed by atoms with Gasteiger partial charge in [0.25, 0.3) is 0 Å². The van der Waals surface area contributed by atoms with Gasteiger partial charge in [0, 0.05) is 16.7 Å². The summed E-state index contributed by atoms with van der Waals surface area (Å²) in [4.78, 5) is 29.4. The molecule has 5 nitrogen and oxygen atoms in total. The van der Waals surface area contributed by atoms with Crippen molar-refractivity contribution in [3.8, 4) is 27.6 Å². The van der Waals surface area contributed by atoms with Crippen LogP contribution in [0, 0.1) is 0 Å². The van der Waals surface area contributed by atoms with Crippen molar-refractivity contribution in [3.05, 3.63) is 95.4 Å². The van der Waals surface area contributed by atoms with E-state index in [2.05, 4.69) is 0 Å². The smallest absolute Gasteiger partial charge is 0.356 e. The quantitative estimate of drug-likeness (QED) is 0.385. The van der Waals surface area contributed by atoms with Gasteiger partial charge >= 0.3 is 5.97 Å². The normalized spacial score (nSPS) is 10.5. The average Bonchev–Trinajstić information content (AvgIpc) is 3.21. The Morgan fingerprint density at radius 3 is 2.14 bits per heavy atom. The molecule has 1 heterocycles. The number of rotatable bonds is 5. The van der Waals surface area contributed by atoms with E-state index < -0.39 is 11.9 Å². The Morgan fingerprint density at radius 2 is 1.48 bits per heavy atom. The molecule has 0 spiro atoms. The fourth-order valence-electron chi connectivity index (χ4n) is 2.82. The highest BCUT2D eigenvalue weighted by Gasteiger charge is 2.22. The zero-order valence-corrected chi connectivity index (χ0v) is 16.1. The molecule has 1 aromatic heterocycles. The second-order valence-corrected chi connectivity index (χ2v) is 7.21. The van der Waals surface area contributed by atoms with Crippen LogP contribution in [-0.4, -0.2) is 16.9 Å². The summed E-state index contributed by atoms with van der Waals surface area (Å²) in [6.07, 6.45) is 0. The molecule has 0 aliphatic heterocycles. The summed E-state index contributed by atoms with van der Waals surface area (Å²) in [5.41, 5.74) is 7.88. The van der Waals surface area contributed by atoms with Gasteiger partial charge in [-0.3, -0.25) is 4.79 Å². The van der Waals surface area contributed by atoms with Gasteiger partial charge in [0.1, 0.15) is 15.6 Å². The van der Waals surface area contributed by atoms with E-state index in [9.17, 15) is 9.59 Å². The molecular formula is C23H16N2O3S. The van der Waals surface area contributed by atoms with E-state index in [1.54, 1.807) is 18.2 Å². The van der Waals surface area contributed by atoms with Gasteiger partial charge in [-0.15, -0.1) is 11.3 Å². The van der Waals surface area contributed by atoms with Gasteiger partial charge < -0.3 is 10.5 Å². The minimum atomic E-state index is -0.586. The number of esters is 1. The van der Waals surface area contributed by atoms with Crippen molar-refractivity contribution < 1.29 is 14.3 Å². The highest BCUT2D eigenvalue weighted by Crippen LogP contribution is 2.34. The molecule has 142 valence electrons. The number of hydrogen-bond acceptors (Lipinski definition) is 5. The number of thiazole rings is 1. The van der Waals surface area contributed by atoms with Crippen molar-refractivity contribution in [2.24, 2.45) is 5.73 Å². The molecule has 0 radical (unpaired) electrons. The standard InChI is InChI=1S/C23H16N2O3S/c24-21(26)17-12-7-13-18(14-17)28-23(27)20-19(15-8-3-1-4-9-15)25-22(29-20)16-10-5-2-6-11-16/h1-14H,(H2,24,26). The maximum atomic E-state index is 13.0. The van der Waals surface area contributed by atoms with Crippen molar-refractivity contribution in [1.29, 1.82) is 0 Å². The van der Waals surface area contributed by atoms with Crippen LogP contribution < -0.4 is 10.5 Å². The van der Waals surface area contributed by atoms with Gasteiger partial charge in [-0.05, 0) is 18.2 Å². The number of nitrogens with zero attached hydrogens (tertiary/aromatic N) is 1. The molecule has 0 bridgehead atoms. The molecule has 0 saturated carbocycles. The van der Waals surface area contributed by atoms with Gasteiger partial charge in [-0.1, -0.05) is 66.7 Å². The average molecular weight is 400 g/mol. The number of ether oxygens (including phenoxy) is 1. The highest BCUT2D eigenvalue weighted by atomic mass is 32.1. The second-order valence-electron chi connectivity index (χ2n) is 6.21. The van der Waals surface area contributed by atoms with E-state index >= 15 is 0 Å². The van der Waals surface area contributed by atoms with Crippen LogP contribution in [0.5, 0.6) is 5.75 Å². The molecule has 4 aromatic rings. The van der Waals surface area contributed by atoms with Crippen LogP contribution in [0.4, 0.5) is 0 Å². The summed E-state index contributed by atoms with van der Waals surface area (Å²) in [6, 6.07) is 25.4. The Kier molecular flexibility index (Phi) is 5.18. The molecular weight excluding hydrogens is 384 g/mol. The number of hydrogen-bond donors (Lipinski definition) is 1. The molecule has 0 fully saturated rings. The van der Waals surface area contributed by atoms with E-state index in [1.807, 2.05) is 60.7 Å². The molecule has 2 N–H and O–H groups in total. The van der Waals surface area contributed by atoms with Crippen molar-refractivity contribution in [2.45, 2.75) is 0 Å². The first kappa shape index (κ1) is 18.6. The minimum Gasteiger partial charge on any atom is -0.422 e. The van der Waals surface area contributed by atoms with Gasteiger partial charge in [0.15, 0.2) is 0 Å². The fourth-order valence-corrected chi connectivity index (χ4v) is 3.79. The number of benzene rings is 3. The van der Waals surface area contributed by atoms with Crippen LogP contribution in [-0.2, 0) is 0 Å². The molecule has 29 heavy (non-hydrogen) atoms. The molecule has 1 amide bonds. The van der Waals surface area contributed by atoms with Gasteiger partial charge in [-0.25, -0.2) is 9.78 Å². The van der Waals surface area contributed by atoms with Crippen LogP contribution in [0.15, 0.2) is 84.9 Å². The summed E-state index contributed by atoms with van der Waals surface area (Å²) in [6.45, 7) is 0. The van der Waals surface area contributed by atoms with Crippen LogP contribution in [0.25, 0.3) is 21.8 Å². The van der Waals surface area contributed by atoms with E-state index in [0.717, 1.165) is 16.1 Å². The summed E-state index contributed by atoms with van der Waals surface area (Å²) >= 11 is 1.27. The topological polar surface area (TPSA) is 82.3 Å². The summed E-state index contributed by atoms with van der Waals surface area (Å²) in [7, 11) is 0. The Labute approximate surface area is 171 Å². The SMILES string of the molecule is NC(=O)c1cccc(OC(=O)c2sc(-c3ccccc3)nc2-c2ccccc2)c1. The maximum absolute atomic E-state index is 13.0. The van der Waals surface area contributed by atoms with E-state index in [4.69, 9.17) is 15.5 Å². The number of carbonyl (C=O) groups excluding carboxylic acids is 2. The molecule has 0 unspecified atom stereocenters. The lowest BCUT2D eigenvalue weighted by molar-refractivity contribution is 0.0739. The zero-order chi connectivity index (χ0) is 20.2. The second kappa shape index (κ2) is 8.08. The monoisotopic (exact) mass is 400 g/mol. The predicted octanol–water partition coefficient (Wildman–Crippen LogP) is 4.80. The molecule has 0 atom stereocenters. The van der Waals surface area contributed by atoms with Crippen LogP contribution in [0.1, 0.15) is 20.0 Å². The predicted molar refractivity (Wildman–Crippen MR) is 113 cm³/mol. The van der Waals surface area contributed by atoms with E-state index in [-0.39, 0.29) is 11.3 Å². The van der Waals surface area contributed by atoms with Crippen molar-refractivity contribution >= 4 is 23.2 Å². The first-order chi connectivity index (χ1) is 14.1. The van der Waals surface area contributed by atoms with Crippen LogP contribution in [0.3, 0.4) is 0 Å². The third kappa shape index (κ3) is 4.07. The van der Waals surface area contributed by atoms with Gasteiger partial charge in [-0.2, -0.15) is 0 Å². The zero-order valence-electron chi connectivity index (χ0n) is 15.2. The number of aromatic nitrogens is 1. The van der Waals surface area contributed by atoms with E-state index in [1.165, 1.54) is 17.4 Å². The Bertz CT molecular complexity index is 1170. The number of nitrogens with two attached hydrogens (primary N) is 1. The Hall–Kier alpha value is -3.77. The first-order valence-electron chi connectivity index (χ1n) is 8.85. The fraction of sp³-hybridized carbons (Fsp3) is 0. The van der Waals surface area contributed by atoms with Crippen LogP contribution >= 0.6 is 11.3 Å². The summed E-state index contributed by atoms with van der Waals surface area (Å²) in [5.74, 6) is -0.873. The lowest BCUT2D eigenvalue weighted by Gasteiger charge is -2.05. The molecule has 0 aliphatic carbocycles. The number of primary amides is 1. The van der Waals surface area contributed by atoms with Crippen LogP contribution in [0.2, 0.25) is 0 Å². The third-order valence-electron chi connectivity index (χ3n) is 4.21. The molecule has 4 rings (SSSR count). The Balaban J connectivity index is 1.73. The largest absolute Gasteiger partial charge is 0.422 e. The van der Waals surface area contributed by atoms with Crippen molar-refractivity contribution in [2.75, 3.05) is 0 Å². The highest BCUT2D eigenvalue weighted by molar-refractivity contribution is 7.17. The lowest BCUT2D eigenvalue weighted by atomic mass is 10.1. The van der Waals surface area contributed by atoms with Gasteiger partial charge in [0.2, 0.25) is 5.91 Å². The molecule has 0 aliphatic rings. The van der Waals surface area contributed by atoms with Gasteiger partial charge in [0.05, 0.1) is 5.69 Å². The number of carbonyl (C=O) groups is 2. The first-order valence-corrected chi connectivity index (χ1v) is 9.67. The van der Waals surface area contributed by atoms with E-state index in [0.29, 0.717) is 10.6 Å². The summed E-state index contributed by atoms with van der Waals surface area (Å²) in [5, 5.41) is 0.724. The maximum Gasteiger partial charge on any atom is 0.356 e. The number of amides is 1. The lowest BCUT2D eigenvalue weighted by Crippen LogP contribution is -2.12. The summed E-state index contributed by atoms with van der Waals surface area (Å²) < 4.78 is 5.53. The molecule has 6 heteroatoms. The minimum absolute atomic E-state index is 0.250. The van der Waals surface area contributed by atoms with Crippen molar-refractivity contribution in [3.63, 3.8) is 0 Å². The van der Waals surface area contributed by atoms with Crippen molar-refractivity contribution in [1.82, 2.24) is 4.98 Å². The molecule has 3 aromatic carbocycles. The Morgan fingerprint density at radius 1 is 0.828 bits per heavy atom. The third-order valence-corrected chi connectivity index (χ3v) is 5.29.